The van der Waals surface area contributed by atoms with Gasteiger partial charge in [0.05, 0.1) is 28.0 Å². The monoisotopic (exact) mass is 302 g/mol. The lowest BCUT2D eigenvalue weighted by atomic mass is 10.0. The Morgan fingerprint density at radius 2 is 1.84 bits per heavy atom. The van der Waals surface area contributed by atoms with E-state index in [-0.39, 0.29) is 6.61 Å². The van der Waals surface area contributed by atoms with Gasteiger partial charge < -0.3 is 5.11 Å². The number of anilines is 1. The molecule has 0 spiro atoms. The maximum atomic E-state index is 9.66. The molecule has 0 aliphatic heterocycles. The average molecular weight is 303 g/mol. The number of aliphatic hydroxyl groups excluding tert-OH is 1. The Balaban J connectivity index is 3.38. The quantitative estimate of drug-likeness (QED) is 0.811. The average Bonchev–Trinajstić information content (AvgIpc) is 2.36. The molecule has 0 aliphatic rings. The molecule has 2 N–H and O–H groups in total. The molecular weight excluding hydrogens is 283 g/mol. The lowest BCUT2D eigenvalue weighted by Crippen LogP contribution is -2.37. The van der Waals surface area contributed by atoms with Gasteiger partial charge in [0.1, 0.15) is 0 Å². The normalized spacial score (nSPS) is 12.6. The Bertz CT molecular complexity index is 452. The summed E-state index contributed by atoms with van der Waals surface area (Å²) in [6.45, 7) is 6.05. The van der Waals surface area contributed by atoms with E-state index in [2.05, 4.69) is 19.3 Å². The van der Waals surface area contributed by atoms with Crippen LogP contribution in [0.4, 0.5) is 5.69 Å². The van der Waals surface area contributed by atoms with Crippen molar-refractivity contribution in [1.29, 1.82) is 0 Å². The third kappa shape index (κ3) is 3.63. The third-order valence-electron chi connectivity index (χ3n) is 3.13. The molecule has 3 nitrogen and oxygen atoms in total. The fraction of sp³-hybridized carbons (Fsp3) is 0.429. The predicted octanol–water partition coefficient (Wildman–Crippen LogP) is 3.86. The smallest absolute Gasteiger partial charge is 0.0947 e. The number of rotatable bonds is 5. The molecule has 1 aromatic carbocycles. The van der Waals surface area contributed by atoms with Gasteiger partial charge in [0.15, 0.2) is 0 Å². The number of aliphatic hydroxyl groups is 1. The molecule has 0 fully saturated rings. The number of hydrogen-bond acceptors (Lipinski definition) is 3. The van der Waals surface area contributed by atoms with Crippen LogP contribution in [-0.4, -0.2) is 18.8 Å². The van der Waals surface area contributed by atoms with Crippen molar-refractivity contribution < 1.29 is 5.11 Å². The van der Waals surface area contributed by atoms with Crippen LogP contribution in [0.5, 0.6) is 0 Å². The summed E-state index contributed by atoms with van der Waals surface area (Å²) in [5.41, 5.74) is 5.52. The summed E-state index contributed by atoms with van der Waals surface area (Å²) in [7, 11) is 1.77. The number of hydrazine groups is 1. The Morgan fingerprint density at radius 1 is 1.32 bits per heavy atom. The summed E-state index contributed by atoms with van der Waals surface area (Å²) in [6.07, 6.45) is 0. The zero-order chi connectivity index (χ0) is 14.6. The summed E-state index contributed by atoms with van der Waals surface area (Å²) in [5, 5.41) is 12.5. The molecule has 0 aliphatic carbocycles. The molecule has 5 heteroatoms. The minimum atomic E-state index is -0.0909. The van der Waals surface area contributed by atoms with Crippen LogP contribution < -0.4 is 10.4 Å². The van der Waals surface area contributed by atoms with Crippen LogP contribution in [0.25, 0.3) is 0 Å². The Hall–Kier alpha value is -0.740. The van der Waals surface area contributed by atoms with E-state index in [1.807, 2.05) is 6.92 Å². The molecule has 0 saturated carbocycles. The molecule has 0 amide bonds. The number of benzene rings is 1. The van der Waals surface area contributed by atoms with Crippen molar-refractivity contribution in [2.24, 2.45) is 5.92 Å². The third-order valence-corrected chi connectivity index (χ3v) is 3.74. The van der Waals surface area contributed by atoms with Crippen LogP contribution in [0.3, 0.4) is 0 Å². The first-order valence-electron chi connectivity index (χ1n) is 6.16. The van der Waals surface area contributed by atoms with Gasteiger partial charge >= 0.3 is 0 Å². The topological polar surface area (TPSA) is 35.5 Å². The SMILES string of the molecule is CNN(/C(CO)=C(\C)C(C)C)c1c(Cl)cccc1Cl. The van der Waals surface area contributed by atoms with Gasteiger partial charge in [-0.15, -0.1) is 0 Å². The maximum Gasteiger partial charge on any atom is 0.0947 e. The molecule has 106 valence electrons. The fourth-order valence-electron chi connectivity index (χ4n) is 1.79. The Morgan fingerprint density at radius 3 is 2.21 bits per heavy atom. The molecule has 1 aromatic rings. The summed E-state index contributed by atoms with van der Waals surface area (Å²) < 4.78 is 0. The largest absolute Gasteiger partial charge is 0.390 e. The molecule has 19 heavy (non-hydrogen) atoms. The van der Waals surface area contributed by atoms with E-state index in [0.29, 0.717) is 21.7 Å². The standard InChI is InChI=1S/C14H20Cl2N2O/c1-9(2)10(3)13(8-19)18(17-4)14-11(15)6-5-7-12(14)16/h5-7,9,17,19H,8H2,1-4H3/b13-10+. The first-order valence-corrected chi connectivity index (χ1v) is 6.91. The van der Waals surface area contributed by atoms with E-state index >= 15 is 0 Å². The van der Waals surface area contributed by atoms with Gasteiger partial charge in [-0.3, -0.25) is 5.01 Å². The fourth-order valence-corrected chi connectivity index (χ4v) is 2.36. The molecule has 0 saturated heterocycles. The van der Waals surface area contributed by atoms with Crippen molar-refractivity contribution in [1.82, 2.24) is 5.43 Å². The van der Waals surface area contributed by atoms with Crippen LogP contribution in [0.1, 0.15) is 20.8 Å². The van der Waals surface area contributed by atoms with Crippen molar-refractivity contribution >= 4 is 28.9 Å². The Labute approximate surface area is 124 Å². The molecule has 0 aromatic heterocycles. The zero-order valence-corrected chi connectivity index (χ0v) is 13.2. The van der Waals surface area contributed by atoms with Crippen LogP contribution in [0.2, 0.25) is 10.0 Å². The first-order chi connectivity index (χ1) is 8.93. The second-order valence-corrected chi connectivity index (χ2v) is 5.39. The number of allylic oxidation sites excluding steroid dienone is 1. The predicted molar refractivity (Wildman–Crippen MR) is 82.6 cm³/mol. The zero-order valence-electron chi connectivity index (χ0n) is 11.7. The van der Waals surface area contributed by atoms with Gasteiger partial charge in [-0.1, -0.05) is 43.1 Å². The van der Waals surface area contributed by atoms with Crippen LogP contribution in [0, 0.1) is 5.92 Å². The lowest BCUT2D eigenvalue weighted by molar-refractivity contribution is 0.321. The number of para-hydroxylation sites is 1. The van der Waals surface area contributed by atoms with Gasteiger partial charge in [0.25, 0.3) is 0 Å². The minimum Gasteiger partial charge on any atom is -0.390 e. The highest BCUT2D eigenvalue weighted by atomic mass is 35.5. The van der Waals surface area contributed by atoms with Gasteiger partial charge in [0.2, 0.25) is 0 Å². The summed E-state index contributed by atoms with van der Waals surface area (Å²) >= 11 is 12.4. The van der Waals surface area contributed by atoms with Crippen LogP contribution in [0.15, 0.2) is 29.5 Å². The van der Waals surface area contributed by atoms with Crippen molar-refractivity contribution in [2.75, 3.05) is 18.7 Å². The molecule has 0 atom stereocenters. The van der Waals surface area contributed by atoms with Gasteiger partial charge in [-0.05, 0) is 30.5 Å². The summed E-state index contributed by atoms with van der Waals surface area (Å²) in [6, 6.07) is 5.33. The lowest BCUT2D eigenvalue weighted by Gasteiger charge is -2.29. The molecular formula is C14H20Cl2N2O. The van der Waals surface area contributed by atoms with Crippen molar-refractivity contribution in [3.8, 4) is 0 Å². The van der Waals surface area contributed by atoms with Gasteiger partial charge in [-0.25, -0.2) is 5.43 Å². The number of nitrogens with one attached hydrogen (secondary N) is 1. The van der Waals surface area contributed by atoms with E-state index in [4.69, 9.17) is 23.2 Å². The first kappa shape index (κ1) is 16.3. The molecule has 0 bridgehead atoms. The van der Waals surface area contributed by atoms with Crippen molar-refractivity contribution in [2.45, 2.75) is 20.8 Å². The highest BCUT2D eigenvalue weighted by molar-refractivity contribution is 6.39. The molecule has 0 unspecified atom stereocenters. The second kappa shape index (κ2) is 7.15. The molecule has 1 rings (SSSR count). The van der Waals surface area contributed by atoms with E-state index in [9.17, 15) is 5.11 Å². The van der Waals surface area contributed by atoms with Crippen LogP contribution >= 0.6 is 23.2 Å². The number of halogens is 2. The summed E-state index contributed by atoms with van der Waals surface area (Å²) in [4.78, 5) is 0. The second-order valence-electron chi connectivity index (χ2n) is 4.57. The van der Waals surface area contributed by atoms with E-state index in [1.165, 1.54) is 0 Å². The van der Waals surface area contributed by atoms with Crippen molar-refractivity contribution in [3.05, 3.63) is 39.5 Å². The van der Waals surface area contributed by atoms with Gasteiger partial charge in [-0.2, -0.15) is 0 Å². The van der Waals surface area contributed by atoms with E-state index in [0.717, 1.165) is 11.3 Å². The molecule has 0 radical (unpaired) electrons. The van der Waals surface area contributed by atoms with E-state index in [1.54, 1.807) is 30.3 Å². The van der Waals surface area contributed by atoms with Gasteiger partial charge in [0, 0.05) is 7.05 Å². The number of hydrogen-bond donors (Lipinski definition) is 2. The highest BCUT2D eigenvalue weighted by Gasteiger charge is 2.19. The summed E-state index contributed by atoms with van der Waals surface area (Å²) in [5.74, 6) is 0.319. The highest BCUT2D eigenvalue weighted by Crippen LogP contribution is 2.35. The van der Waals surface area contributed by atoms with Crippen LogP contribution in [-0.2, 0) is 0 Å². The minimum absolute atomic E-state index is 0.0909. The maximum absolute atomic E-state index is 9.66. The number of nitrogens with zero attached hydrogens (tertiary/aromatic N) is 1. The van der Waals surface area contributed by atoms with Crippen molar-refractivity contribution in [3.63, 3.8) is 0 Å². The van der Waals surface area contributed by atoms with E-state index < -0.39 is 0 Å². The Kier molecular flexibility index (Phi) is 6.14. The molecule has 0 heterocycles.